The molecule has 88 valence electrons. The van der Waals surface area contributed by atoms with Gasteiger partial charge in [0.15, 0.2) is 0 Å². The first-order chi connectivity index (χ1) is 7.78. The monoisotopic (exact) mass is 236 g/mol. The summed E-state index contributed by atoms with van der Waals surface area (Å²) >= 11 is 2.11. The number of benzene rings is 1. The minimum Gasteiger partial charge on any atom is -0.399 e. The van der Waals surface area contributed by atoms with Crippen molar-refractivity contribution in [2.75, 3.05) is 24.6 Å². The normalized spacial score (nSPS) is 22.2. The lowest BCUT2D eigenvalue weighted by atomic mass is 10.2. The van der Waals surface area contributed by atoms with Gasteiger partial charge in [0.1, 0.15) is 0 Å². The maximum absolute atomic E-state index is 5.79. The molecule has 1 fully saturated rings. The van der Waals surface area contributed by atoms with Crippen LogP contribution in [0.2, 0.25) is 0 Å². The molecular weight excluding hydrogens is 216 g/mol. The van der Waals surface area contributed by atoms with Crippen LogP contribution >= 0.6 is 11.8 Å². The van der Waals surface area contributed by atoms with Crippen LogP contribution in [0, 0.1) is 0 Å². The number of thioether (sulfide) groups is 1. The maximum Gasteiger partial charge on any atom is 0.0317 e. The van der Waals surface area contributed by atoms with Crippen LogP contribution in [0.5, 0.6) is 0 Å². The van der Waals surface area contributed by atoms with Gasteiger partial charge in [0.25, 0.3) is 0 Å². The van der Waals surface area contributed by atoms with Crippen LogP contribution in [0.3, 0.4) is 0 Å². The summed E-state index contributed by atoms with van der Waals surface area (Å²) in [4.78, 5) is 2.54. The van der Waals surface area contributed by atoms with E-state index in [9.17, 15) is 0 Å². The van der Waals surface area contributed by atoms with E-state index >= 15 is 0 Å². The first-order valence-electron chi connectivity index (χ1n) is 5.96. The smallest absolute Gasteiger partial charge is 0.0317 e. The van der Waals surface area contributed by atoms with Crippen molar-refractivity contribution in [1.82, 2.24) is 4.90 Å². The highest BCUT2D eigenvalue weighted by atomic mass is 32.2. The zero-order valence-corrected chi connectivity index (χ0v) is 10.7. The summed E-state index contributed by atoms with van der Waals surface area (Å²) in [7, 11) is 0. The Labute approximate surface area is 102 Å². The zero-order chi connectivity index (χ0) is 11.4. The molecule has 1 saturated heterocycles. The molecule has 1 aromatic rings. The highest BCUT2D eigenvalue weighted by Crippen LogP contribution is 2.22. The molecule has 0 saturated carbocycles. The Morgan fingerprint density at radius 1 is 1.50 bits per heavy atom. The molecule has 0 spiro atoms. The molecular formula is C13H20N2S. The summed E-state index contributed by atoms with van der Waals surface area (Å²) < 4.78 is 0. The van der Waals surface area contributed by atoms with Gasteiger partial charge in [0.05, 0.1) is 0 Å². The molecule has 1 aliphatic heterocycles. The van der Waals surface area contributed by atoms with Gasteiger partial charge in [0, 0.05) is 36.3 Å². The molecule has 0 radical (unpaired) electrons. The Morgan fingerprint density at radius 3 is 3.12 bits per heavy atom. The van der Waals surface area contributed by atoms with E-state index in [1.165, 1.54) is 30.8 Å². The number of nitrogen functional groups attached to an aromatic ring is 1. The number of anilines is 1. The van der Waals surface area contributed by atoms with Crippen LogP contribution < -0.4 is 5.73 Å². The second-order valence-corrected chi connectivity index (χ2v) is 5.79. The van der Waals surface area contributed by atoms with E-state index in [1.807, 2.05) is 12.1 Å². The van der Waals surface area contributed by atoms with Crippen LogP contribution in [-0.4, -0.2) is 29.0 Å². The van der Waals surface area contributed by atoms with Crippen molar-refractivity contribution in [3.8, 4) is 0 Å². The van der Waals surface area contributed by atoms with Gasteiger partial charge in [-0.2, -0.15) is 11.8 Å². The summed E-state index contributed by atoms with van der Waals surface area (Å²) in [6, 6.07) is 8.24. The van der Waals surface area contributed by atoms with Crippen LogP contribution in [0.15, 0.2) is 24.3 Å². The van der Waals surface area contributed by atoms with Crippen molar-refractivity contribution in [3.05, 3.63) is 29.8 Å². The number of hydrogen-bond donors (Lipinski definition) is 1. The van der Waals surface area contributed by atoms with Crippen molar-refractivity contribution in [2.24, 2.45) is 0 Å². The summed E-state index contributed by atoms with van der Waals surface area (Å²) in [6.07, 6.45) is 1.28. The van der Waals surface area contributed by atoms with E-state index in [0.29, 0.717) is 0 Å². The van der Waals surface area contributed by atoms with Crippen molar-refractivity contribution in [1.29, 1.82) is 0 Å². The summed E-state index contributed by atoms with van der Waals surface area (Å²) in [5, 5.41) is 0.815. The molecule has 2 nitrogen and oxygen atoms in total. The lowest BCUT2D eigenvalue weighted by Crippen LogP contribution is -2.37. The third-order valence-corrected chi connectivity index (χ3v) is 4.41. The first kappa shape index (κ1) is 11.8. The first-order valence-corrected chi connectivity index (χ1v) is 7.01. The number of nitrogens with zero attached hydrogens (tertiary/aromatic N) is 1. The fourth-order valence-electron chi connectivity index (χ4n) is 2.12. The largest absolute Gasteiger partial charge is 0.399 e. The van der Waals surface area contributed by atoms with Crippen molar-refractivity contribution in [3.63, 3.8) is 0 Å². The summed E-state index contributed by atoms with van der Waals surface area (Å²) in [5.41, 5.74) is 8.00. The molecule has 1 atom stereocenters. The Kier molecular flexibility index (Phi) is 4.13. The Bertz CT molecular complexity index is 340. The molecule has 0 aliphatic carbocycles. The number of hydrogen-bond acceptors (Lipinski definition) is 3. The zero-order valence-electron chi connectivity index (χ0n) is 9.86. The van der Waals surface area contributed by atoms with Crippen LogP contribution in [0.25, 0.3) is 0 Å². The fourth-order valence-corrected chi connectivity index (χ4v) is 3.37. The third-order valence-electron chi connectivity index (χ3n) is 3.04. The average molecular weight is 236 g/mol. The van der Waals surface area contributed by atoms with E-state index in [0.717, 1.165) is 17.5 Å². The maximum atomic E-state index is 5.79. The van der Waals surface area contributed by atoms with Crippen LogP contribution in [0.1, 0.15) is 18.9 Å². The fraction of sp³-hybridized carbons (Fsp3) is 0.538. The van der Waals surface area contributed by atoms with Crippen molar-refractivity contribution in [2.45, 2.75) is 25.1 Å². The molecule has 0 bridgehead atoms. The molecule has 1 unspecified atom stereocenters. The molecule has 1 aliphatic rings. The van der Waals surface area contributed by atoms with Gasteiger partial charge in [0.2, 0.25) is 0 Å². The van der Waals surface area contributed by atoms with Crippen molar-refractivity contribution < 1.29 is 0 Å². The van der Waals surface area contributed by atoms with Crippen molar-refractivity contribution >= 4 is 17.4 Å². The summed E-state index contributed by atoms with van der Waals surface area (Å²) in [5.74, 6) is 1.26. The molecule has 16 heavy (non-hydrogen) atoms. The minimum atomic E-state index is 0.815. The highest BCUT2D eigenvalue weighted by Gasteiger charge is 2.18. The predicted octanol–water partition coefficient (Wildman–Crippen LogP) is 2.60. The second-order valence-electron chi connectivity index (χ2n) is 4.38. The number of rotatable bonds is 3. The highest BCUT2D eigenvalue weighted by molar-refractivity contribution is 8.00. The van der Waals surface area contributed by atoms with Gasteiger partial charge in [-0.15, -0.1) is 0 Å². The van der Waals surface area contributed by atoms with Gasteiger partial charge in [-0.1, -0.05) is 19.1 Å². The molecule has 3 heteroatoms. The van der Waals surface area contributed by atoms with Gasteiger partial charge in [-0.3, -0.25) is 4.90 Å². The van der Waals surface area contributed by atoms with Crippen LogP contribution in [-0.2, 0) is 6.54 Å². The van der Waals surface area contributed by atoms with E-state index in [-0.39, 0.29) is 0 Å². The Hall–Kier alpha value is -0.670. The second kappa shape index (κ2) is 5.60. The average Bonchev–Trinajstić information content (AvgIpc) is 2.29. The molecule has 2 rings (SSSR count). The molecule has 1 heterocycles. The SMILES string of the molecule is CCC1CN(Cc2cccc(N)c2)CCS1. The van der Waals surface area contributed by atoms with E-state index in [4.69, 9.17) is 5.73 Å². The van der Waals surface area contributed by atoms with E-state index in [1.54, 1.807) is 0 Å². The molecule has 0 amide bonds. The summed E-state index contributed by atoms with van der Waals surface area (Å²) in [6.45, 7) is 5.75. The Morgan fingerprint density at radius 2 is 2.38 bits per heavy atom. The van der Waals surface area contributed by atoms with Gasteiger partial charge in [-0.05, 0) is 24.1 Å². The predicted molar refractivity (Wildman–Crippen MR) is 72.7 cm³/mol. The Balaban J connectivity index is 1.94. The topological polar surface area (TPSA) is 29.3 Å². The van der Waals surface area contributed by atoms with E-state index < -0.39 is 0 Å². The number of nitrogens with two attached hydrogens (primary N) is 1. The lowest BCUT2D eigenvalue weighted by molar-refractivity contribution is 0.273. The minimum absolute atomic E-state index is 0.815. The third kappa shape index (κ3) is 3.16. The van der Waals surface area contributed by atoms with Gasteiger partial charge >= 0.3 is 0 Å². The molecule has 2 N–H and O–H groups in total. The molecule has 0 aromatic heterocycles. The van der Waals surface area contributed by atoms with Gasteiger partial charge < -0.3 is 5.73 Å². The van der Waals surface area contributed by atoms with Crippen LogP contribution in [0.4, 0.5) is 5.69 Å². The lowest BCUT2D eigenvalue weighted by Gasteiger charge is -2.31. The van der Waals surface area contributed by atoms with Gasteiger partial charge in [-0.25, -0.2) is 0 Å². The standard InChI is InChI=1S/C13H20N2S/c1-2-13-10-15(6-7-16-13)9-11-4-3-5-12(14)8-11/h3-5,8,13H,2,6-7,9-10,14H2,1H3. The molecule has 1 aromatic carbocycles. The van der Waals surface area contributed by atoms with E-state index in [2.05, 4.69) is 35.7 Å². The quantitative estimate of drug-likeness (QED) is 0.818.